The topological polar surface area (TPSA) is 65.0 Å². The lowest BCUT2D eigenvalue weighted by atomic mass is 10.1. The van der Waals surface area contributed by atoms with Gasteiger partial charge in [-0.05, 0) is 49.7 Å². The van der Waals surface area contributed by atoms with Crippen molar-refractivity contribution in [3.63, 3.8) is 0 Å². The highest BCUT2D eigenvalue weighted by atomic mass is 16.5. The number of ether oxygens (including phenoxy) is 2. The van der Waals surface area contributed by atoms with Crippen molar-refractivity contribution in [1.29, 1.82) is 0 Å². The van der Waals surface area contributed by atoms with Gasteiger partial charge in [-0.1, -0.05) is 30.3 Å². The van der Waals surface area contributed by atoms with E-state index >= 15 is 0 Å². The molecule has 0 aliphatic heterocycles. The number of benzene rings is 2. The number of hydrogen-bond acceptors (Lipinski definition) is 5. The summed E-state index contributed by atoms with van der Waals surface area (Å²) in [6.07, 6.45) is 1.95. The molecule has 4 rings (SSSR count). The van der Waals surface area contributed by atoms with Gasteiger partial charge in [0.1, 0.15) is 5.65 Å². The van der Waals surface area contributed by atoms with Crippen LogP contribution in [0.4, 0.5) is 5.69 Å². The molecule has 0 saturated heterocycles. The Morgan fingerprint density at radius 2 is 1.69 bits per heavy atom. The zero-order chi connectivity index (χ0) is 22.7. The van der Waals surface area contributed by atoms with Crippen molar-refractivity contribution in [2.75, 3.05) is 20.0 Å². The number of nitrogens with two attached hydrogens (primary N) is 1. The van der Waals surface area contributed by atoms with E-state index in [2.05, 4.69) is 47.4 Å². The van der Waals surface area contributed by atoms with Gasteiger partial charge in [-0.3, -0.25) is 4.90 Å². The van der Waals surface area contributed by atoms with Crippen LogP contribution in [0.2, 0.25) is 0 Å². The number of imidazole rings is 1. The van der Waals surface area contributed by atoms with Crippen molar-refractivity contribution in [1.82, 2.24) is 14.3 Å². The second-order valence-corrected chi connectivity index (χ2v) is 8.15. The van der Waals surface area contributed by atoms with Crippen molar-refractivity contribution in [2.24, 2.45) is 0 Å². The van der Waals surface area contributed by atoms with Crippen molar-refractivity contribution in [2.45, 2.75) is 33.0 Å². The Morgan fingerprint density at radius 1 is 0.938 bits per heavy atom. The lowest BCUT2D eigenvalue weighted by molar-refractivity contribution is 0.201. The Morgan fingerprint density at radius 3 is 2.38 bits per heavy atom. The van der Waals surface area contributed by atoms with Crippen molar-refractivity contribution in [3.8, 4) is 22.8 Å². The summed E-state index contributed by atoms with van der Waals surface area (Å²) < 4.78 is 13.1. The largest absolute Gasteiger partial charge is 0.493 e. The third-order valence-corrected chi connectivity index (χ3v) is 5.71. The van der Waals surface area contributed by atoms with Crippen LogP contribution in [0, 0.1) is 0 Å². The molecule has 6 heteroatoms. The molecular weight excluding hydrogens is 400 g/mol. The van der Waals surface area contributed by atoms with E-state index in [4.69, 9.17) is 20.2 Å². The van der Waals surface area contributed by atoms with Crippen LogP contribution in [0.5, 0.6) is 11.5 Å². The first-order chi connectivity index (χ1) is 15.5. The fourth-order valence-corrected chi connectivity index (χ4v) is 3.91. The summed E-state index contributed by atoms with van der Waals surface area (Å²) in [6.45, 7) is 6.01. The summed E-state index contributed by atoms with van der Waals surface area (Å²) in [5.41, 5.74) is 12.0. The lowest BCUT2D eigenvalue weighted by Crippen LogP contribution is -2.30. The second kappa shape index (κ2) is 9.32. The van der Waals surface area contributed by atoms with Crippen LogP contribution in [0.15, 0.2) is 66.9 Å². The minimum absolute atomic E-state index is 0.347. The standard InChI is InChI=1S/C26H30N4O2/c1-18(2)29(15-19-8-6-5-7-9-19)17-22-26(28-25-13-11-21(27)16-30(22)25)20-10-12-23(31-3)24(14-20)32-4/h5-14,16,18H,15,17,27H2,1-4H3. The zero-order valence-corrected chi connectivity index (χ0v) is 19.1. The van der Waals surface area contributed by atoms with E-state index in [-0.39, 0.29) is 0 Å². The van der Waals surface area contributed by atoms with E-state index in [0.29, 0.717) is 23.2 Å². The smallest absolute Gasteiger partial charge is 0.161 e. The molecule has 0 aliphatic carbocycles. The molecular formula is C26H30N4O2. The van der Waals surface area contributed by atoms with E-state index < -0.39 is 0 Å². The number of anilines is 1. The Bertz CT molecular complexity index is 1200. The van der Waals surface area contributed by atoms with Crippen molar-refractivity contribution < 1.29 is 9.47 Å². The first-order valence-corrected chi connectivity index (χ1v) is 10.8. The first-order valence-electron chi connectivity index (χ1n) is 10.8. The maximum Gasteiger partial charge on any atom is 0.161 e. The molecule has 0 atom stereocenters. The van der Waals surface area contributed by atoms with Gasteiger partial charge >= 0.3 is 0 Å². The highest BCUT2D eigenvalue weighted by Gasteiger charge is 2.20. The average Bonchev–Trinajstić information content (AvgIpc) is 3.16. The molecule has 0 spiro atoms. The molecule has 0 radical (unpaired) electrons. The van der Waals surface area contributed by atoms with E-state index in [1.165, 1.54) is 5.56 Å². The molecule has 32 heavy (non-hydrogen) atoms. The summed E-state index contributed by atoms with van der Waals surface area (Å²) in [5, 5.41) is 0. The number of hydrogen-bond donors (Lipinski definition) is 1. The second-order valence-electron chi connectivity index (χ2n) is 8.15. The molecule has 0 fully saturated rings. The van der Waals surface area contributed by atoms with Crippen LogP contribution in [0.3, 0.4) is 0 Å². The summed E-state index contributed by atoms with van der Waals surface area (Å²) in [4.78, 5) is 7.40. The Hall–Kier alpha value is -3.51. The molecule has 2 heterocycles. The normalized spacial score (nSPS) is 11.4. The summed E-state index contributed by atoms with van der Waals surface area (Å²) in [6, 6.07) is 20.6. The van der Waals surface area contributed by atoms with Gasteiger partial charge in [0.15, 0.2) is 11.5 Å². The van der Waals surface area contributed by atoms with Crippen LogP contribution in [0.25, 0.3) is 16.9 Å². The van der Waals surface area contributed by atoms with Gasteiger partial charge in [-0.2, -0.15) is 0 Å². The number of pyridine rings is 1. The van der Waals surface area contributed by atoms with Gasteiger partial charge in [0.25, 0.3) is 0 Å². The maximum atomic E-state index is 6.14. The predicted molar refractivity (Wildman–Crippen MR) is 129 cm³/mol. The van der Waals surface area contributed by atoms with E-state index in [1.807, 2.05) is 42.6 Å². The minimum Gasteiger partial charge on any atom is -0.493 e. The highest BCUT2D eigenvalue weighted by Crippen LogP contribution is 2.34. The monoisotopic (exact) mass is 430 g/mol. The summed E-state index contributed by atoms with van der Waals surface area (Å²) in [7, 11) is 3.29. The van der Waals surface area contributed by atoms with Crippen LogP contribution < -0.4 is 15.2 Å². The molecule has 0 saturated carbocycles. The average molecular weight is 431 g/mol. The van der Waals surface area contributed by atoms with E-state index in [0.717, 1.165) is 35.7 Å². The van der Waals surface area contributed by atoms with Crippen LogP contribution in [-0.2, 0) is 13.1 Å². The van der Waals surface area contributed by atoms with Gasteiger partial charge < -0.3 is 19.6 Å². The summed E-state index contributed by atoms with van der Waals surface area (Å²) in [5.74, 6) is 1.37. The third-order valence-electron chi connectivity index (χ3n) is 5.71. The fraction of sp³-hybridized carbons (Fsp3) is 0.269. The molecule has 2 aromatic carbocycles. The van der Waals surface area contributed by atoms with Gasteiger partial charge in [0.05, 0.1) is 25.6 Å². The Kier molecular flexibility index (Phi) is 6.32. The number of methoxy groups -OCH3 is 2. The van der Waals surface area contributed by atoms with Gasteiger partial charge in [-0.15, -0.1) is 0 Å². The zero-order valence-electron chi connectivity index (χ0n) is 19.1. The minimum atomic E-state index is 0.347. The highest BCUT2D eigenvalue weighted by molar-refractivity contribution is 5.70. The molecule has 4 aromatic rings. The van der Waals surface area contributed by atoms with Gasteiger partial charge in [0, 0.05) is 36.6 Å². The van der Waals surface area contributed by atoms with E-state index in [1.54, 1.807) is 14.2 Å². The van der Waals surface area contributed by atoms with Gasteiger partial charge in [0.2, 0.25) is 0 Å². The van der Waals surface area contributed by atoms with E-state index in [9.17, 15) is 0 Å². The molecule has 2 N–H and O–H groups in total. The Labute approximate surface area is 189 Å². The molecule has 6 nitrogen and oxygen atoms in total. The third kappa shape index (κ3) is 4.41. The SMILES string of the molecule is COc1ccc(-c2nc3ccc(N)cn3c2CN(Cc2ccccc2)C(C)C)cc1OC. The quantitative estimate of drug-likeness (QED) is 0.426. The van der Waals surface area contributed by atoms with Crippen LogP contribution in [-0.4, -0.2) is 34.5 Å². The van der Waals surface area contributed by atoms with Crippen molar-refractivity contribution >= 4 is 11.3 Å². The molecule has 0 unspecified atom stereocenters. The molecule has 0 amide bonds. The Balaban J connectivity index is 1.81. The van der Waals surface area contributed by atoms with Gasteiger partial charge in [-0.25, -0.2) is 4.98 Å². The fourth-order valence-electron chi connectivity index (χ4n) is 3.91. The predicted octanol–water partition coefficient (Wildman–Crippen LogP) is 5.01. The molecule has 166 valence electrons. The number of nitrogen functional groups attached to an aromatic ring is 1. The van der Waals surface area contributed by atoms with Crippen LogP contribution >= 0.6 is 0 Å². The molecule has 0 bridgehead atoms. The van der Waals surface area contributed by atoms with Crippen molar-refractivity contribution in [3.05, 3.63) is 78.1 Å². The lowest BCUT2D eigenvalue weighted by Gasteiger charge is -2.27. The first kappa shape index (κ1) is 21.7. The number of fused-ring (bicyclic) bond motifs is 1. The molecule has 0 aliphatic rings. The molecule has 2 aromatic heterocycles. The summed E-state index contributed by atoms with van der Waals surface area (Å²) >= 11 is 0. The van der Waals surface area contributed by atoms with Crippen LogP contribution in [0.1, 0.15) is 25.1 Å². The number of nitrogens with zero attached hydrogens (tertiary/aromatic N) is 3. The number of rotatable bonds is 8. The maximum absolute atomic E-state index is 6.14. The number of aromatic nitrogens is 2.